The summed E-state index contributed by atoms with van der Waals surface area (Å²) in [6.45, 7) is 22.6. The second kappa shape index (κ2) is 55.1. The van der Waals surface area contributed by atoms with Crippen LogP contribution in [0.25, 0.3) is 0 Å². The van der Waals surface area contributed by atoms with Crippen LogP contribution in [0.15, 0.2) is 269 Å². The Labute approximate surface area is 810 Å². The molecule has 0 saturated carbocycles. The summed E-state index contributed by atoms with van der Waals surface area (Å²) in [7, 11) is 0. The lowest BCUT2D eigenvalue weighted by atomic mass is 10.1. The molecule has 38 heteroatoms. The van der Waals surface area contributed by atoms with Gasteiger partial charge in [-0.15, -0.1) is 47.0 Å². The summed E-state index contributed by atoms with van der Waals surface area (Å²) in [6, 6.07) is 60.3. The monoisotopic (exact) mass is 1970 g/mol. The molecule has 16 atom stereocenters. The molecule has 4 fully saturated rings. The first-order valence-corrected chi connectivity index (χ1v) is 46.2. The highest BCUT2D eigenvalue weighted by Crippen LogP contribution is 2.44. The van der Waals surface area contributed by atoms with Gasteiger partial charge in [0.2, 0.25) is 0 Å². The van der Waals surface area contributed by atoms with Gasteiger partial charge >= 0.3 is 84.3 Å². The standard InChI is InChI=1S/C27H28O9S.C25H24O9S.C25H26O8S.C23H22O8S/c1-5-14-32-27(31)36-23-22(35-25(30)20-12-8-17(3)9-13-20)21(37-26(23)34-18(4)28)15-33-24(29)19-10-6-16(2)7-11-19;1-3-14-30-25(29)34-21-20(33-23(28)18-12-8-5-9-13-18)19(35-24(21)32-16(2)26)15-31-22(27)17-10-6-4-7-11-17;1-4-13-30-25(29)33-21-20(32-23(27)18-11-7-16(3)8-12-18)19(34-24(21)28)14-31-22(26)17-9-5-15(2)6-10-17;1-2-13-28-23(27)31-19-18(30-21(25)16-11-7-4-8-12-16)17(32-22(19)26)14-29-20(24)15-9-5-3-6-10-15/h5-13,21-23,26H,1,14-15H2,2-4H3;3-13,19-21,24H,1,14-15H2,2H3;4-12,19-21,24,28H,1,13-14H2,2-3H3;2-12,17-19,22,26H,1,13-14H2/t21-,22+,23-,26?;2*19-,20+,21-,24?;17-,18+,19-,22?/m1111/s1. The van der Waals surface area contributed by atoms with Gasteiger partial charge in [0.05, 0.1) is 65.5 Å². The molecule has 0 aliphatic carbocycles. The zero-order valence-electron chi connectivity index (χ0n) is 75.4. The summed E-state index contributed by atoms with van der Waals surface area (Å²) < 4.78 is 95.6. The fourth-order valence-corrected chi connectivity index (χ4v) is 18.1. The Hall–Kier alpha value is -14.2. The maximum Gasteiger partial charge on any atom is 0.509 e. The van der Waals surface area contributed by atoms with E-state index in [1.54, 1.807) is 218 Å². The second-order valence-electron chi connectivity index (χ2n) is 30.0. The summed E-state index contributed by atoms with van der Waals surface area (Å²) in [4.78, 5) is 173. The fourth-order valence-electron chi connectivity index (χ4n) is 12.8. The van der Waals surface area contributed by atoms with Crippen LogP contribution in [0.5, 0.6) is 0 Å². The predicted molar refractivity (Wildman–Crippen MR) is 503 cm³/mol. The highest BCUT2D eigenvalue weighted by molar-refractivity contribution is 8.01. The largest absolute Gasteiger partial charge is 0.509 e. The zero-order valence-corrected chi connectivity index (χ0v) is 78.7. The molecule has 4 aliphatic rings. The average molecular weight is 1970 g/mol. The van der Waals surface area contributed by atoms with Gasteiger partial charge in [-0.25, -0.2) is 57.5 Å². The lowest BCUT2D eigenvalue weighted by molar-refractivity contribution is -0.150. The second-order valence-corrected chi connectivity index (χ2v) is 35.4. The molecule has 8 aromatic rings. The maximum absolute atomic E-state index is 12.9. The minimum absolute atomic E-state index is 0.0820. The van der Waals surface area contributed by atoms with Crippen molar-refractivity contribution in [2.45, 2.75) is 133 Å². The van der Waals surface area contributed by atoms with Crippen molar-refractivity contribution in [2.75, 3.05) is 52.9 Å². The van der Waals surface area contributed by atoms with Crippen molar-refractivity contribution >= 4 is 131 Å². The van der Waals surface area contributed by atoms with Crippen LogP contribution >= 0.6 is 47.0 Å². The molecular weight excluding hydrogens is 1870 g/mol. The van der Waals surface area contributed by atoms with Gasteiger partial charge in [-0.1, -0.05) is 194 Å². The van der Waals surface area contributed by atoms with Crippen LogP contribution in [0.3, 0.4) is 0 Å². The minimum Gasteiger partial charge on any atom is -0.461 e. The summed E-state index contributed by atoms with van der Waals surface area (Å²) in [6.07, 6.45) is -8.04. The van der Waals surface area contributed by atoms with E-state index in [-0.39, 0.29) is 69.5 Å². The molecule has 4 heterocycles. The van der Waals surface area contributed by atoms with E-state index in [9.17, 15) is 77.3 Å². The van der Waals surface area contributed by atoms with Crippen molar-refractivity contribution in [1.82, 2.24) is 0 Å². The summed E-state index contributed by atoms with van der Waals surface area (Å²) in [5, 5.41) is 18.2. The first-order valence-electron chi connectivity index (χ1n) is 42.4. The molecule has 4 saturated heterocycles. The lowest BCUT2D eigenvalue weighted by Crippen LogP contribution is -2.42. The van der Waals surface area contributed by atoms with Gasteiger partial charge in [0.1, 0.15) is 63.7 Å². The first kappa shape index (κ1) is 107. The van der Waals surface area contributed by atoms with Gasteiger partial charge in [-0.2, -0.15) is 0 Å². The van der Waals surface area contributed by atoms with Gasteiger partial charge in [0, 0.05) is 13.8 Å². The zero-order chi connectivity index (χ0) is 99.7. The predicted octanol–water partition coefficient (Wildman–Crippen LogP) is 15.2. The van der Waals surface area contributed by atoms with Crippen LogP contribution < -0.4 is 0 Å². The molecule has 2 N–H and O–H groups in total. The van der Waals surface area contributed by atoms with E-state index in [0.717, 1.165) is 69.3 Å². The SMILES string of the molecule is C=CCOC(=O)O[C@H]1C(O)S[C@H](COC(=O)c2ccc(C)cc2)[C@@H]1OC(=O)c1ccc(C)cc1.C=CCOC(=O)O[C@H]1C(O)S[C@H](COC(=O)c2ccccc2)[C@@H]1OC(=O)c1ccccc1.C=CCOC(=O)O[C@H]1C(OC(C)=O)S[C@H](COC(=O)c2ccc(C)cc2)[C@@H]1OC(=O)c1ccc(C)cc1.C=CCOC(=O)O[C@H]1C(OC(C)=O)S[C@H](COC(=O)c2ccccc2)[C@@H]1OC(=O)c1ccccc1. The molecule has 4 unspecified atom stereocenters. The van der Waals surface area contributed by atoms with Gasteiger partial charge in [0.25, 0.3) is 0 Å². The molecule has 0 aromatic heterocycles. The van der Waals surface area contributed by atoms with Crippen LogP contribution in [-0.4, -0.2) is 239 Å². The Morgan fingerprint density at radius 3 is 0.667 bits per heavy atom. The number of carbonyl (C=O) groups is 14. The molecule has 138 heavy (non-hydrogen) atoms. The van der Waals surface area contributed by atoms with Crippen LogP contribution in [0.1, 0.15) is 119 Å². The highest BCUT2D eigenvalue weighted by atomic mass is 32.2. The Morgan fingerprint density at radius 1 is 0.246 bits per heavy atom. The molecule has 0 spiro atoms. The lowest BCUT2D eigenvalue weighted by Gasteiger charge is -2.25. The molecule has 728 valence electrons. The Morgan fingerprint density at radius 2 is 0.442 bits per heavy atom. The highest BCUT2D eigenvalue weighted by Gasteiger charge is 2.55. The van der Waals surface area contributed by atoms with Crippen molar-refractivity contribution in [3.8, 4) is 0 Å². The van der Waals surface area contributed by atoms with E-state index in [1.807, 2.05) is 27.7 Å². The Kier molecular flexibility index (Phi) is 42.9. The smallest absolute Gasteiger partial charge is 0.461 e. The summed E-state index contributed by atoms with van der Waals surface area (Å²) in [5.41, 5.74) is 1.91. The van der Waals surface area contributed by atoms with Gasteiger partial charge in [-0.05, 0) is 125 Å². The molecular formula is C100H100O34S4. The van der Waals surface area contributed by atoms with Crippen LogP contribution in [0.2, 0.25) is 0 Å². The third kappa shape index (κ3) is 33.7. The van der Waals surface area contributed by atoms with E-state index in [2.05, 4.69) is 26.3 Å². The Bertz CT molecular complexity index is 5460. The number of benzene rings is 8. The van der Waals surface area contributed by atoms with E-state index in [1.165, 1.54) is 38.2 Å². The molecule has 0 bridgehead atoms. The third-order valence-electron chi connectivity index (χ3n) is 19.5. The number of hydrogen-bond donors (Lipinski definition) is 2. The van der Waals surface area contributed by atoms with Crippen LogP contribution in [0, 0.1) is 27.7 Å². The first-order chi connectivity index (χ1) is 66.3. The molecule has 8 aromatic carbocycles. The maximum atomic E-state index is 12.9. The van der Waals surface area contributed by atoms with Crippen molar-refractivity contribution in [2.24, 2.45) is 0 Å². The number of carbonyl (C=O) groups excluding carboxylic acids is 14. The van der Waals surface area contributed by atoms with E-state index in [4.69, 9.17) is 85.3 Å². The average Bonchev–Trinajstić information content (AvgIpc) is 1.70. The number of hydrogen-bond acceptors (Lipinski definition) is 38. The molecule has 0 radical (unpaired) electrons. The number of aliphatic hydroxyl groups is 2. The van der Waals surface area contributed by atoms with E-state index in [0.29, 0.717) is 27.8 Å². The van der Waals surface area contributed by atoms with Gasteiger partial charge in [0.15, 0.2) is 59.7 Å². The number of rotatable bonds is 34. The number of aryl methyl sites for hydroxylation is 4. The molecule has 0 amide bonds. The third-order valence-corrected chi connectivity index (χ3v) is 24.9. The number of aliphatic hydroxyl groups excluding tert-OH is 2. The quantitative estimate of drug-likeness (QED) is 0.0215. The minimum atomic E-state index is -1.23. The number of esters is 10. The topological polar surface area (TPSA) is 446 Å². The van der Waals surface area contributed by atoms with Crippen LogP contribution in [-0.2, 0) is 94.9 Å². The van der Waals surface area contributed by atoms with E-state index < -0.39 is 176 Å². The normalized spacial score (nSPS) is 21.1. The molecule has 12 rings (SSSR count). The Balaban J connectivity index is 0.000000206. The number of thioether (sulfide) groups is 4. The fraction of sp³-hybridized carbons (Fsp3) is 0.300. The van der Waals surface area contributed by atoms with Crippen molar-refractivity contribution < 1.29 is 163 Å². The van der Waals surface area contributed by atoms with Gasteiger partial charge < -0.3 is 95.5 Å². The van der Waals surface area contributed by atoms with Gasteiger partial charge in [-0.3, -0.25) is 9.59 Å². The number of ether oxygens (including phenoxy) is 18. The van der Waals surface area contributed by atoms with Crippen molar-refractivity contribution in [3.63, 3.8) is 0 Å². The molecule has 4 aliphatic heterocycles. The van der Waals surface area contributed by atoms with Crippen molar-refractivity contribution in [1.29, 1.82) is 0 Å². The summed E-state index contributed by atoms with van der Waals surface area (Å²) in [5.74, 6) is -6.26. The van der Waals surface area contributed by atoms with Crippen LogP contribution in [0.4, 0.5) is 19.2 Å². The summed E-state index contributed by atoms with van der Waals surface area (Å²) >= 11 is 4.04. The van der Waals surface area contributed by atoms with E-state index >= 15 is 0 Å². The molecule has 34 nitrogen and oxygen atoms in total. The van der Waals surface area contributed by atoms with Crippen molar-refractivity contribution in [3.05, 3.63) is 336 Å².